The molecule has 1 N–H and O–H groups in total. The molecular formula is C11H21N. The Kier molecular flexibility index (Phi) is 4.72. The molecule has 0 bridgehead atoms. The van der Waals surface area contributed by atoms with E-state index in [0.29, 0.717) is 0 Å². The Bertz CT molecular complexity index is 166. The van der Waals surface area contributed by atoms with Crippen LogP contribution in [-0.4, -0.2) is 7.05 Å². The Morgan fingerprint density at radius 3 is 2.50 bits per heavy atom. The fraction of sp³-hybridized carbons (Fsp3) is 0.636. The SMILES string of the molecule is C=C(C)C(C)(C)CC/C=C\NC. The molecule has 0 amide bonds. The fourth-order valence-corrected chi connectivity index (χ4v) is 0.859. The van der Waals surface area contributed by atoms with E-state index in [9.17, 15) is 0 Å². The van der Waals surface area contributed by atoms with Crippen molar-refractivity contribution in [1.29, 1.82) is 0 Å². The van der Waals surface area contributed by atoms with Gasteiger partial charge in [0, 0.05) is 7.05 Å². The fourth-order valence-electron chi connectivity index (χ4n) is 0.859. The number of allylic oxidation sites excluding steroid dienone is 2. The summed E-state index contributed by atoms with van der Waals surface area (Å²) in [6, 6.07) is 0. The maximum Gasteiger partial charge on any atom is 0.00276 e. The van der Waals surface area contributed by atoms with Crippen LogP contribution in [0.2, 0.25) is 0 Å². The summed E-state index contributed by atoms with van der Waals surface area (Å²) in [5, 5.41) is 2.98. The third-order valence-electron chi connectivity index (χ3n) is 2.38. The Morgan fingerprint density at radius 2 is 2.08 bits per heavy atom. The highest BCUT2D eigenvalue weighted by Crippen LogP contribution is 2.29. The van der Waals surface area contributed by atoms with E-state index in [2.05, 4.69) is 38.7 Å². The lowest BCUT2D eigenvalue weighted by Gasteiger charge is -2.24. The first-order valence-electron chi connectivity index (χ1n) is 4.49. The van der Waals surface area contributed by atoms with Crippen molar-refractivity contribution < 1.29 is 0 Å². The Morgan fingerprint density at radius 1 is 1.50 bits per heavy atom. The molecule has 0 radical (unpaired) electrons. The minimum atomic E-state index is 0.276. The molecule has 0 unspecified atom stereocenters. The van der Waals surface area contributed by atoms with Crippen molar-refractivity contribution in [2.24, 2.45) is 5.41 Å². The zero-order chi connectivity index (χ0) is 9.61. The summed E-state index contributed by atoms with van der Waals surface area (Å²) in [5.74, 6) is 0. The largest absolute Gasteiger partial charge is 0.394 e. The van der Waals surface area contributed by atoms with Crippen LogP contribution in [0.1, 0.15) is 33.6 Å². The molecule has 0 heterocycles. The summed E-state index contributed by atoms with van der Waals surface area (Å²) in [5.41, 5.74) is 1.54. The summed E-state index contributed by atoms with van der Waals surface area (Å²) in [6.07, 6.45) is 6.42. The van der Waals surface area contributed by atoms with E-state index >= 15 is 0 Å². The van der Waals surface area contributed by atoms with Crippen molar-refractivity contribution in [2.45, 2.75) is 33.6 Å². The summed E-state index contributed by atoms with van der Waals surface area (Å²) in [6.45, 7) is 10.6. The standard InChI is InChI=1S/C11H21N/c1-10(2)11(3,4)8-6-7-9-12-5/h7,9,12H,1,6,8H2,2-5H3/b9-7-. The van der Waals surface area contributed by atoms with Gasteiger partial charge in [-0.25, -0.2) is 0 Å². The van der Waals surface area contributed by atoms with Crippen molar-refractivity contribution in [2.75, 3.05) is 7.05 Å². The minimum Gasteiger partial charge on any atom is -0.394 e. The van der Waals surface area contributed by atoms with Gasteiger partial charge in [-0.15, -0.1) is 0 Å². The van der Waals surface area contributed by atoms with Crippen molar-refractivity contribution in [3.8, 4) is 0 Å². The molecule has 0 spiro atoms. The summed E-state index contributed by atoms with van der Waals surface area (Å²) >= 11 is 0. The molecule has 0 rings (SSSR count). The van der Waals surface area contributed by atoms with Gasteiger partial charge in [0.15, 0.2) is 0 Å². The number of rotatable bonds is 5. The molecule has 1 heteroatoms. The Hall–Kier alpha value is -0.720. The lowest BCUT2D eigenvalue weighted by Crippen LogP contribution is -2.11. The molecule has 0 fully saturated rings. The molecule has 0 aliphatic rings. The second kappa shape index (κ2) is 5.02. The molecule has 0 aromatic carbocycles. The quantitative estimate of drug-likeness (QED) is 0.620. The average Bonchev–Trinajstić information content (AvgIpc) is 1.98. The second-order valence-electron chi connectivity index (χ2n) is 3.89. The van der Waals surface area contributed by atoms with E-state index in [1.54, 1.807) is 0 Å². The van der Waals surface area contributed by atoms with E-state index in [1.807, 2.05) is 13.2 Å². The van der Waals surface area contributed by atoms with Gasteiger partial charge in [-0.1, -0.05) is 32.1 Å². The summed E-state index contributed by atoms with van der Waals surface area (Å²) < 4.78 is 0. The first kappa shape index (κ1) is 11.3. The zero-order valence-corrected chi connectivity index (χ0v) is 8.78. The molecule has 12 heavy (non-hydrogen) atoms. The predicted octanol–water partition coefficient (Wildman–Crippen LogP) is 3.10. The molecule has 0 aromatic rings. The molecule has 1 nitrogen and oxygen atoms in total. The normalized spacial score (nSPS) is 12.0. The van der Waals surface area contributed by atoms with Crippen molar-refractivity contribution in [3.05, 3.63) is 24.4 Å². The molecule has 0 aliphatic heterocycles. The van der Waals surface area contributed by atoms with Gasteiger partial charge in [0.1, 0.15) is 0 Å². The Balaban J connectivity index is 3.76. The molecule has 0 saturated heterocycles. The van der Waals surface area contributed by atoms with Crippen LogP contribution >= 0.6 is 0 Å². The third kappa shape index (κ3) is 4.22. The van der Waals surface area contributed by atoms with E-state index in [-0.39, 0.29) is 5.41 Å². The maximum atomic E-state index is 3.99. The molecular weight excluding hydrogens is 146 g/mol. The van der Waals surface area contributed by atoms with Crippen LogP contribution in [0.4, 0.5) is 0 Å². The lowest BCUT2D eigenvalue weighted by molar-refractivity contribution is 0.413. The van der Waals surface area contributed by atoms with Crippen LogP contribution in [0.3, 0.4) is 0 Å². The topological polar surface area (TPSA) is 12.0 Å². The zero-order valence-electron chi connectivity index (χ0n) is 8.78. The first-order valence-corrected chi connectivity index (χ1v) is 4.49. The van der Waals surface area contributed by atoms with Gasteiger partial charge < -0.3 is 5.32 Å². The monoisotopic (exact) mass is 167 g/mol. The highest BCUT2D eigenvalue weighted by atomic mass is 14.8. The summed E-state index contributed by atoms with van der Waals surface area (Å²) in [4.78, 5) is 0. The van der Waals surface area contributed by atoms with E-state index in [1.165, 1.54) is 12.0 Å². The van der Waals surface area contributed by atoms with Gasteiger partial charge in [-0.05, 0) is 31.4 Å². The predicted molar refractivity (Wildman–Crippen MR) is 56.0 cm³/mol. The summed E-state index contributed by atoms with van der Waals surface area (Å²) in [7, 11) is 1.92. The Labute approximate surface area is 76.6 Å². The van der Waals surface area contributed by atoms with E-state index in [0.717, 1.165) is 6.42 Å². The van der Waals surface area contributed by atoms with Gasteiger partial charge in [0.25, 0.3) is 0 Å². The van der Waals surface area contributed by atoms with Crippen LogP contribution < -0.4 is 5.32 Å². The van der Waals surface area contributed by atoms with Gasteiger partial charge in [0.05, 0.1) is 0 Å². The number of hydrogen-bond acceptors (Lipinski definition) is 1. The minimum absolute atomic E-state index is 0.276. The smallest absolute Gasteiger partial charge is 0.00276 e. The maximum absolute atomic E-state index is 3.99. The van der Waals surface area contributed by atoms with Crippen molar-refractivity contribution in [3.63, 3.8) is 0 Å². The molecule has 70 valence electrons. The van der Waals surface area contributed by atoms with Crippen LogP contribution in [-0.2, 0) is 0 Å². The van der Waals surface area contributed by atoms with Crippen molar-refractivity contribution >= 4 is 0 Å². The highest BCUT2D eigenvalue weighted by molar-refractivity contribution is 5.03. The first-order chi connectivity index (χ1) is 5.50. The van der Waals surface area contributed by atoms with Crippen LogP contribution in [0.25, 0.3) is 0 Å². The van der Waals surface area contributed by atoms with Gasteiger partial charge in [0.2, 0.25) is 0 Å². The molecule has 0 saturated carbocycles. The lowest BCUT2D eigenvalue weighted by atomic mass is 9.82. The number of nitrogens with one attached hydrogen (secondary N) is 1. The van der Waals surface area contributed by atoms with Gasteiger partial charge in [-0.2, -0.15) is 0 Å². The van der Waals surface area contributed by atoms with Gasteiger partial charge >= 0.3 is 0 Å². The van der Waals surface area contributed by atoms with E-state index in [4.69, 9.17) is 0 Å². The highest BCUT2D eigenvalue weighted by Gasteiger charge is 2.16. The van der Waals surface area contributed by atoms with E-state index < -0.39 is 0 Å². The molecule has 0 atom stereocenters. The van der Waals surface area contributed by atoms with Gasteiger partial charge in [-0.3, -0.25) is 0 Å². The van der Waals surface area contributed by atoms with Crippen LogP contribution in [0.15, 0.2) is 24.4 Å². The average molecular weight is 167 g/mol. The molecule has 0 aliphatic carbocycles. The third-order valence-corrected chi connectivity index (χ3v) is 2.38. The molecule has 0 aromatic heterocycles. The van der Waals surface area contributed by atoms with Crippen molar-refractivity contribution in [1.82, 2.24) is 5.32 Å². The van der Waals surface area contributed by atoms with Crippen LogP contribution in [0.5, 0.6) is 0 Å². The van der Waals surface area contributed by atoms with Crippen LogP contribution in [0, 0.1) is 5.41 Å². The second-order valence-corrected chi connectivity index (χ2v) is 3.89. The number of hydrogen-bond donors (Lipinski definition) is 1.